The normalized spacial score (nSPS) is 13.2. The predicted molar refractivity (Wildman–Crippen MR) is 244 cm³/mol. The topological polar surface area (TPSA) is 52.9 Å². The summed E-state index contributed by atoms with van der Waals surface area (Å²) in [6, 6.07) is 45.2. The minimum absolute atomic E-state index is 0.0191. The van der Waals surface area contributed by atoms with Gasteiger partial charge in [0.2, 0.25) is 0 Å². The van der Waals surface area contributed by atoms with Gasteiger partial charge in [-0.2, -0.15) is 0 Å². The van der Waals surface area contributed by atoms with Gasteiger partial charge in [-0.25, -0.2) is 0 Å². The van der Waals surface area contributed by atoms with Gasteiger partial charge in [0.05, 0.1) is 22.6 Å². The van der Waals surface area contributed by atoms with Crippen molar-refractivity contribution in [1.82, 2.24) is 0 Å². The van der Waals surface area contributed by atoms with Gasteiger partial charge in [-0.3, -0.25) is 0 Å². The van der Waals surface area contributed by atoms with Crippen molar-refractivity contribution in [1.29, 1.82) is 0 Å². The van der Waals surface area contributed by atoms with Crippen molar-refractivity contribution in [3.63, 3.8) is 0 Å². The first-order valence-electron chi connectivity index (χ1n) is 21.0. The smallest absolute Gasteiger partial charge is 0.151 e. The third-order valence-electron chi connectivity index (χ3n) is 13.0. The predicted octanol–water partition coefficient (Wildman–Crippen LogP) is 14.5. The number of aryl methyl sites for hydroxylation is 2. The molecule has 0 saturated heterocycles. The van der Waals surface area contributed by atoms with Crippen LogP contribution in [0.1, 0.15) is 77.6 Å². The highest BCUT2D eigenvalue weighted by atomic mass is 16.5. The number of nitrogens with zero attached hydrogens (tertiary/aromatic N) is 1. The summed E-state index contributed by atoms with van der Waals surface area (Å²) in [5.41, 5.74) is 9.01. The molecule has 0 spiro atoms. The summed E-state index contributed by atoms with van der Waals surface area (Å²) in [4.78, 5) is 2.34. The SMILES string of the molecule is Cc1ccc(N2c3cc(-c4cc5ccccc5cc4C(O)(C(C)C)C(C)C)ccc3Oc3ccc(-c4cc5ccccc5cc4C(O)(C(C)C)C(C)C)cc32)c(C)c1. The molecule has 8 rings (SSSR count). The molecule has 0 atom stereocenters. The summed E-state index contributed by atoms with van der Waals surface area (Å²) in [5, 5.41) is 29.7. The molecule has 0 aliphatic carbocycles. The van der Waals surface area contributed by atoms with Gasteiger partial charge in [0, 0.05) is 5.69 Å². The van der Waals surface area contributed by atoms with E-state index in [2.05, 4.69) is 202 Å². The lowest BCUT2D eigenvalue weighted by atomic mass is 9.72. The molecule has 0 radical (unpaired) electrons. The van der Waals surface area contributed by atoms with Gasteiger partial charge >= 0.3 is 0 Å². The largest absolute Gasteiger partial charge is 0.453 e. The first kappa shape index (κ1) is 39.4. The maximum Gasteiger partial charge on any atom is 0.151 e. The molecule has 1 aliphatic heterocycles. The Morgan fingerprint density at radius 1 is 0.448 bits per heavy atom. The second-order valence-corrected chi connectivity index (χ2v) is 17.9. The fourth-order valence-corrected chi connectivity index (χ4v) is 9.65. The zero-order chi connectivity index (χ0) is 41.3. The first-order valence-corrected chi connectivity index (χ1v) is 21.0. The number of anilines is 3. The molecule has 1 heterocycles. The van der Waals surface area contributed by atoms with Crippen molar-refractivity contribution in [3.05, 3.63) is 150 Å². The lowest BCUT2D eigenvalue weighted by Gasteiger charge is -2.39. The van der Waals surface area contributed by atoms with Crippen LogP contribution in [0.4, 0.5) is 17.1 Å². The van der Waals surface area contributed by atoms with Crippen LogP contribution in [-0.2, 0) is 11.2 Å². The number of ether oxygens (including phenoxy) is 1. The minimum atomic E-state index is -1.06. The molecule has 0 aromatic heterocycles. The molecule has 296 valence electrons. The first-order chi connectivity index (χ1) is 27.6. The van der Waals surface area contributed by atoms with E-state index in [0.717, 1.165) is 89.1 Å². The van der Waals surface area contributed by atoms with Crippen LogP contribution >= 0.6 is 0 Å². The number of hydrogen-bond acceptors (Lipinski definition) is 4. The van der Waals surface area contributed by atoms with Crippen LogP contribution in [0.3, 0.4) is 0 Å². The summed E-state index contributed by atoms with van der Waals surface area (Å²) >= 11 is 0. The van der Waals surface area contributed by atoms with Crippen molar-refractivity contribution in [2.24, 2.45) is 23.7 Å². The number of aliphatic hydroxyl groups is 2. The van der Waals surface area contributed by atoms with Gasteiger partial charge in [-0.15, -0.1) is 0 Å². The monoisotopic (exact) mass is 767 g/mol. The van der Waals surface area contributed by atoms with E-state index in [0.29, 0.717) is 0 Å². The number of hydrogen-bond donors (Lipinski definition) is 2. The number of fused-ring (bicyclic) bond motifs is 4. The zero-order valence-corrected chi connectivity index (χ0v) is 35.7. The van der Waals surface area contributed by atoms with Crippen LogP contribution in [0.5, 0.6) is 11.5 Å². The van der Waals surface area contributed by atoms with Gasteiger partial charge in [0.15, 0.2) is 11.5 Å². The van der Waals surface area contributed by atoms with Crippen molar-refractivity contribution in [2.45, 2.75) is 80.4 Å². The average molecular weight is 768 g/mol. The van der Waals surface area contributed by atoms with Crippen LogP contribution in [0.25, 0.3) is 43.8 Å². The summed E-state index contributed by atoms with van der Waals surface area (Å²) in [5.74, 6) is 1.44. The van der Waals surface area contributed by atoms with E-state index in [4.69, 9.17) is 4.74 Å². The quantitative estimate of drug-likeness (QED) is 0.154. The maximum atomic E-state index is 12.6. The van der Waals surface area contributed by atoms with Crippen LogP contribution in [-0.4, -0.2) is 10.2 Å². The van der Waals surface area contributed by atoms with E-state index in [-0.39, 0.29) is 23.7 Å². The Labute approximate surface area is 344 Å². The zero-order valence-electron chi connectivity index (χ0n) is 35.7. The fourth-order valence-electron chi connectivity index (χ4n) is 9.65. The van der Waals surface area contributed by atoms with Crippen LogP contribution in [0.15, 0.2) is 127 Å². The molecule has 4 nitrogen and oxygen atoms in total. The van der Waals surface area contributed by atoms with Crippen molar-refractivity contribution in [3.8, 4) is 33.8 Å². The van der Waals surface area contributed by atoms with Gasteiger partial charge in [-0.1, -0.05) is 134 Å². The molecule has 0 bridgehead atoms. The van der Waals surface area contributed by atoms with E-state index in [1.54, 1.807) is 0 Å². The van der Waals surface area contributed by atoms with Gasteiger partial charge in [0.1, 0.15) is 0 Å². The Bertz CT molecular complexity index is 2510. The van der Waals surface area contributed by atoms with E-state index in [1.165, 1.54) is 5.56 Å². The summed E-state index contributed by atoms with van der Waals surface area (Å²) in [6.45, 7) is 21.2. The summed E-state index contributed by atoms with van der Waals surface area (Å²) in [7, 11) is 0. The second-order valence-electron chi connectivity index (χ2n) is 17.9. The lowest BCUT2D eigenvalue weighted by molar-refractivity contribution is -0.0526. The molecule has 0 fully saturated rings. The molecule has 7 aromatic carbocycles. The van der Waals surface area contributed by atoms with Crippen LogP contribution in [0.2, 0.25) is 0 Å². The molecule has 7 aromatic rings. The number of benzene rings is 7. The molecular formula is C54H57NO3. The van der Waals surface area contributed by atoms with E-state index in [9.17, 15) is 10.2 Å². The molecular weight excluding hydrogens is 711 g/mol. The molecule has 2 N–H and O–H groups in total. The van der Waals surface area contributed by atoms with Gasteiger partial charge in [0.25, 0.3) is 0 Å². The van der Waals surface area contributed by atoms with Crippen molar-refractivity contribution < 1.29 is 14.9 Å². The molecule has 1 aliphatic rings. The van der Waals surface area contributed by atoms with E-state index in [1.807, 2.05) is 0 Å². The second kappa shape index (κ2) is 14.8. The highest BCUT2D eigenvalue weighted by Gasteiger charge is 2.41. The number of rotatable bonds is 9. The highest BCUT2D eigenvalue weighted by molar-refractivity contribution is 5.95. The molecule has 0 unspecified atom stereocenters. The van der Waals surface area contributed by atoms with Crippen LogP contribution in [0, 0.1) is 37.5 Å². The summed E-state index contributed by atoms with van der Waals surface area (Å²) in [6.07, 6.45) is 0. The Hall–Kier alpha value is -5.42. The lowest BCUT2D eigenvalue weighted by Crippen LogP contribution is -2.38. The average Bonchev–Trinajstić information content (AvgIpc) is 3.20. The Balaban J connectivity index is 1.38. The third kappa shape index (κ3) is 6.38. The van der Waals surface area contributed by atoms with E-state index >= 15 is 0 Å². The Kier molecular flexibility index (Phi) is 10.0. The van der Waals surface area contributed by atoms with Crippen LogP contribution < -0.4 is 9.64 Å². The fraction of sp³-hybridized carbons (Fsp3) is 0.296. The Morgan fingerprint density at radius 2 is 0.845 bits per heavy atom. The molecule has 58 heavy (non-hydrogen) atoms. The molecule has 0 amide bonds. The third-order valence-corrected chi connectivity index (χ3v) is 13.0. The maximum absolute atomic E-state index is 12.6. The van der Waals surface area contributed by atoms with Gasteiger partial charge in [-0.05, 0) is 153 Å². The molecule has 4 heteroatoms. The van der Waals surface area contributed by atoms with E-state index < -0.39 is 11.2 Å². The van der Waals surface area contributed by atoms with Crippen molar-refractivity contribution in [2.75, 3.05) is 4.90 Å². The standard InChI is InChI=1S/C54H57NO3/c1-32(2)53(56,33(3)4)46-28-40-17-13-11-15-38(40)26-44(46)42-20-23-51-49(30-42)55(48-22-19-36(9)25-37(48)10)50-31-43(21-24-52(50)58-51)45-27-39-16-12-14-18-41(39)29-47(45)54(57,34(5)6)35(7)8/h11-35,56-57H,1-10H3. The highest BCUT2D eigenvalue weighted by Crippen LogP contribution is 2.55. The van der Waals surface area contributed by atoms with Crippen molar-refractivity contribution >= 4 is 38.6 Å². The van der Waals surface area contributed by atoms with Gasteiger partial charge < -0.3 is 19.8 Å². The summed E-state index contributed by atoms with van der Waals surface area (Å²) < 4.78 is 6.82. The Morgan fingerprint density at radius 3 is 1.22 bits per heavy atom. The minimum Gasteiger partial charge on any atom is -0.453 e. The molecule has 0 saturated carbocycles.